The van der Waals surface area contributed by atoms with E-state index in [1.807, 2.05) is 0 Å². The van der Waals surface area contributed by atoms with Gasteiger partial charge in [-0.05, 0) is 56.7 Å². The average Bonchev–Trinajstić information content (AvgIpc) is 2.91. The Kier molecular flexibility index (Phi) is 3.82. The van der Waals surface area contributed by atoms with Gasteiger partial charge in [-0.1, -0.05) is 19.3 Å². The van der Waals surface area contributed by atoms with Crippen LogP contribution in [-0.4, -0.2) is 19.6 Å². The fraction of sp³-hybridized carbons (Fsp3) is 1.00. The van der Waals surface area contributed by atoms with E-state index in [0.717, 1.165) is 24.3 Å². The van der Waals surface area contributed by atoms with Crippen LogP contribution in [-0.2, 0) is 0 Å². The van der Waals surface area contributed by atoms with Crippen molar-refractivity contribution in [3.63, 3.8) is 0 Å². The highest BCUT2D eigenvalue weighted by molar-refractivity contribution is 4.80. The normalized spacial score (nSPS) is 32.4. The first kappa shape index (κ1) is 10.4. The number of nitrogens with two attached hydrogens (primary N) is 1. The van der Waals surface area contributed by atoms with Gasteiger partial charge in [-0.2, -0.15) is 0 Å². The molecule has 2 rings (SSSR count). The minimum atomic E-state index is 0.809. The standard InChI is InChI=1S/C12H24N2/c13-8-11-2-1-3-12(11)9-14-7-6-10-4-5-10/h10-12,14H,1-9,13H2. The van der Waals surface area contributed by atoms with E-state index in [1.165, 1.54) is 51.6 Å². The lowest BCUT2D eigenvalue weighted by Crippen LogP contribution is -2.29. The van der Waals surface area contributed by atoms with E-state index >= 15 is 0 Å². The molecular formula is C12H24N2. The molecule has 2 unspecified atom stereocenters. The van der Waals surface area contributed by atoms with Crippen molar-refractivity contribution in [2.45, 2.75) is 38.5 Å². The van der Waals surface area contributed by atoms with Crippen LogP contribution in [0.5, 0.6) is 0 Å². The maximum absolute atomic E-state index is 5.76. The van der Waals surface area contributed by atoms with Crippen LogP contribution in [0.25, 0.3) is 0 Å². The van der Waals surface area contributed by atoms with Crippen molar-refractivity contribution >= 4 is 0 Å². The molecule has 0 aliphatic heterocycles. The third kappa shape index (κ3) is 2.96. The van der Waals surface area contributed by atoms with Crippen LogP contribution in [0, 0.1) is 17.8 Å². The van der Waals surface area contributed by atoms with Gasteiger partial charge < -0.3 is 11.1 Å². The zero-order valence-corrected chi connectivity index (χ0v) is 9.17. The lowest BCUT2D eigenvalue weighted by Gasteiger charge is -2.18. The molecule has 0 aromatic carbocycles. The highest BCUT2D eigenvalue weighted by Crippen LogP contribution is 2.32. The molecule has 2 fully saturated rings. The first-order chi connectivity index (χ1) is 6.90. The molecule has 0 aromatic rings. The summed E-state index contributed by atoms with van der Waals surface area (Å²) in [5, 5.41) is 3.61. The molecule has 2 heteroatoms. The molecular weight excluding hydrogens is 172 g/mol. The van der Waals surface area contributed by atoms with Crippen molar-refractivity contribution in [3.8, 4) is 0 Å². The molecule has 0 radical (unpaired) electrons. The largest absolute Gasteiger partial charge is 0.330 e. The Morgan fingerprint density at radius 3 is 2.57 bits per heavy atom. The summed E-state index contributed by atoms with van der Waals surface area (Å²) in [7, 11) is 0. The molecule has 2 saturated carbocycles. The third-order valence-corrected chi connectivity index (χ3v) is 3.95. The molecule has 0 amide bonds. The van der Waals surface area contributed by atoms with Crippen LogP contribution in [0.4, 0.5) is 0 Å². The first-order valence-corrected chi connectivity index (χ1v) is 6.31. The maximum atomic E-state index is 5.76. The SMILES string of the molecule is NCC1CCCC1CNCCC1CC1. The summed E-state index contributed by atoms with van der Waals surface area (Å²) >= 11 is 0. The fourth-order valence-corrected chi connectivity index (χ4v) is 2.69. The van der Waals surface area contributed by atoms with Gasteiger partial charge in [0, 0.05) is 0 Å². The second kappa shape index (κ2) is 5.13. The molecule has 3 N–H and O–H groups in total. The Morgan fingerprint density at radius 2 is 1.86 bits per heavy atom. The van der Waals surface area contributed by atoms with Gasteiger partial charge in [0.15, 0.2) is 0 Å². The van der Waals surface area contributed by atoms with Crippen LogP contribution >= 0.6 is 0 Å². The molecule has 0 heterocycles. The molecule has 2 nitrogen and oxygen atoms in total. The van der Waals surface area contributed by atoms with Gasteiger partial charge in [-0.3, -0.25) is 0 Å². The monoisotopic (exact) mass is 196 g/mol. The number of hydrogen-bond donors (Lipinski definition) is 2. The van der Waals surface area contributed by atoms with E-state index in [2.05, 4.69) is 5.32 Å². The van der Waals surface area contributed by atoms with Crippen molar-refractivity contribution < 1.29 is 0 Å². The van der Waals surface area contributed by atoms with Crippen molar-refractivity contribution in [3.05, 3.63) is 0 Å². The molecule has 2 atom stereocenters. The zero-order chi connectivity index (χ0) is 9.80. The minimum absolute atomic E-state index is 0.809. The van der Waals surface area contributed by atoms with Gasteiger partial charge in [0.1, 0.15) is 0 Å². The second-order valence-electron chi connectivity index (χ2n) is 5.12. The Balaban J connectivity index is 1.54. The Morgan fingerprint density at radius 1 is 1.07 bits per heavy atom. The van der Waals surface area contributed by atoms with E-state index in [1.54, 1.807) is 0 Å². The number of rotatable bonds is 6. The molecule has 0 spiro atoms. The van der Waals surface area contributed by atoms with E-state index in [4.69, 9.17) is 5.73 Å². The zero-order valence-electron chi connectivity index (χ0n) is 9.17. The Hall–Kier alpha value is -0.0800. The third-order valence-electron chi connectivity index (χ3n) is 3.95. The van der Waals surface area contributed by atoms with Gasteiger partial charge in [-0.15, -0.1) is 0 Å². The van der Waals surface area contributed by atoms with Crippen molar-refractivity contribution in [2.75, 3.05) is 19.6 Å². The van der Waals surface area contributed by atoms with Crippen molar-refractivity contribution in [1.82, 2.24) is 5.32 Å². The quantitative estimate of drug-likeness (QED) is 0.635. The van der Waals surface area contributed by atoms with Gasteiger partial charge in [0.05, 0.1) is 0 Å². The molecule has 82 valence electrons. The van der Waals surface area contributed by atoms with Gasteiger partial charge in [0.2, 0.25) is 0 Å². The number of hydrogen-bond acceptors (Lipinski definition) is 2. The summed E-state index contributed by atoms with van der Waals surface area (Å²) in [5.74, 6) is 2.75. The summed E-state index contributed by atoms with van der Waals surface area (Å²) in [6.07, 6.45) is 8.54. The van der Waals surface area contributed by atoms with Gasteiger partial charge in [0.25, 0.3) is 0 Å². The summed E-state index contributed by atoms with van der Waals surface area (Å²) in [6, 6.07) is 0. The van der Waals surface area contributed by atoms with E-state index < -0.39 is 0 Å². The maximum Gasteiger partial charge on any atom is -0.00174 e. The average molecular weight is 196 g/mol. The topological polar surface area (TPSA) is 38.0 Å². The van der Waals surface area contributed by atoms with Crippen LogP contribution in [0.15, 0.2) is 0 Å². The van der Waals surface area contributed by atoms with Crippen LogP contribution in [0.3, 0.4) is 0 Å². The smallest absolute Gasteiger partial charge is 0.00174 e. The highest BCUT2D eigenvalue weighted by atomic mass is 14.9. The highest BCUT2D eigenvalue weighted by Gasteiger charge is 2.25. The first-order valence-electron chi connectivity index (χ1n) is 6.31. The lowest BCUT2D eigenvalue weighted by molar-refractivity contribution is 0.372. The predicted octanol–water partition coefficient (Wildman–Crippen LogP) is 1.75. The van der Waals surface area contributed by atoms with E-state index in [9.17, 15) is 0 Å². The molecule has 0 saturated heterocycles. The molecule has 14 heavy (non-hydrogen) atoms. The Labute approximate surface area is 87.6 Å². The van der Waals surface area contributed by atoms with E-state index in [-0.39, 0.29) is 0 Å². The minimum Gasteiger partial charge on any atom is -0.330 e. The van der Waals surface area contributed by atoms with Crippen LogP contribution in [0.1, 0.15) is 38.5 Å². The van der Waals surface area contributed by atoms with Crippen molar-refractivity contribution in [1.29, 1.82) is 0 Å². The predicted molar refractivity (Wildman–Crippen MR) is 60.1 cm³/mol. The number of nitrogens with one attached hydrogen (secondary N) is 1. The molecule has 0 aromatic heterocycles. The summed E-state index contributed by atoms with van der Waals surface area (Å²) < 4.78 is 0. The molecule has 2 aliphatic carbocycles. The summed E-state index contributed by atoms with van der Waals surface area (Å²) in [5.41, 5.74) is 5.76. The van der Waals surface area contributed by atoms with E-state index in [0.29, 0.717) is 0 Å². The van der Waals surface area contributed by atoms with Crippen molar-refractivity contribution in [2.24, 2.45) is 23.5 Å². The molecule has 0 bridgehead atoms. The van der Waals surface area contributed by atoms with Gasteiger partial charge in [-0.25, -0.2) is 0 Å². The summed E-state index contributed by atoms with van der Waals surface area (Å²) in [4.78, 5) is 0. The fourth-order valence-electron chi connectivity index (χ4n) is 2.69. The molecule has 2 aliphatic rings. The summed E-state index contributed by atoms with van der Waals surface area (Å²) in [6.45, 7) is 3.35. The van der Waals surface area contributed by atoms with Gasteiger partial charge >= 0.3 is 0 Å². The van der Waals surface area contributed by atoms with Crippen LogP contribution in [0.2, 0.25) is 0 Å². The lowest BCUT2D eigenvalue weighted by atomic mass is 9.96. The Bertz CT molecular complexity index is 166. The second-order valence-corrected chi connectivity index (χ2v) is 5.12. The van der Waals surface area contributed by atoms with Crippen LogP contribution < -0.4 is 11.1 Å².